The third kappa shape index (κ3) is 2.83. The van der Waals surface area contributed by atoms with Crippen LogP contribution in [0.1, 0.15) is 43.2 Å². The standard InChI is InChI=1S/C15H21O4P/c1-4-5-6-11-14-12-9-7-8-10-13(12)15(19-14)20(16,17-2)18-3/h7-11,15H,4-6H2,1-3H3/b14-11+. The number of allylic oxidation sites excluding steroid dienone is 1. The third-order valence-corrected chi connectivity index (χ3v) is 5.39. The summed E-state index contributed by atoms with van der Waals surface area (Å²) in [7, 11) is -0.533. The molecule has 4 nitrogen and oxygen atoms in total. The van der Waals surface area contributed by atoms with Crippen molar-refractivity contribution in [1.82, 2.24) is 0 Å². The van der Waals surface area contributed by atoms with Gasteiger partial charge in [0.25, 0.3) is 0 Å². The first-order valence-corrected chi connectivity index (χ1v) is 8.44. The van der Waals surface area contributed by atoms with Crippen molar-refractivity contribution < 1.29 is 18.3 Å². The molecule has 110 valence electrons. The second-order valence-electron chi connectivity index (χ2n) is 4.67. The van der Waals surface area contributed by atoms with Crippen LogP contribution in [0, 0.1) is 0 Å². The van der Waals surface area contributed by atoms with Crippen molar-refractivity contribution in [2.45, 2.75) is 32.0 Å². The van der Waals surface area contributed by atoms with Crippen LogP contribution in [-0.4, -0.2) is 14.2 Å². The van der Waals surface area contributed by atoms with E-state index in [9.17, 15) is 4.57 Å². The number of ether oxygens (including phenoxy) is 1. The Morgan fingerprint density at radius 1 is 1.30 bits per heavy atom. The summed E-state index contributed by atoms with van der Waals surface area (Å²) in [6.07, 6.45) is 5.23. The summed E-state index contributed by atoms with van der Waals surface area (Å²) in [5.41, 5.74) is 1.84. The molecule has 1 heterocycles. The van der Waals surface area contributed by atoms with Crippen molar-refractivity contribution in [2.24, 2.45) is 0 Å². The van der Waals surface area contributed by atoms with Gasteiger partial charge in [0.05, 0.1) is 0 Å². The highest BCUT2D eigenvalue weighted by molar-refractivity contribution is 7.54. The van der Waals surface area contributed by atoms with Crippen LogP contribution in [0.25, 0.3) is 5.76 Å². The summed E-state index contributed by atoms with van der Waals surface area (Å²) in [6.45, 7) is 2.15. The first-order valence-electron chi connectivity index (χ1n) is 6.83. The number of benzene rings is 1. The predicted molar refractivity (Wildman–Crippen MR) is 79.4 cm³/mol. The van der Waals surface area contributed by atoms with Gasteiger partial charge in [-0.3, -0.25) is 4.57 Å². The molecule has 0 bridgehead atoms. The molecular weight excluding hydrogens is 275 g/mol. The Labute approximate surface area is 120 Å². The van der Waals surface area contributed by atoms with E-state index < -0.39 is 13.4 Å². The van der Waals surface area contributed by atoms with Crippen LogP contribution in [0.4, 0.5) is 0 Å². The largest absolute Gasteiger partial charge is 0.473 e. The fraction of sp³-hybridized carbons (Fsp3) is 0.467. The van der Waals surface area contributed by atoms with Crippen molar-refractivity contribution in [3.05, 3.63) is 41.5 Å². The molecular formula is C15H21O4P. The van der Waals surface area contributed by atoms with E-state index in [1.807, 2.05) is 24.3 Å². The van der Waals surface area contributed by atoms with Crippen LogP contribution >= 0.6 is 7.60 Å². The van der Waals surface area contributed by atoms with Gasteiger partial charge in [0.1, 0.15) is 5.76 Å². The summed E-state index contributed by atoms with van der Waals surface area (Å²) in [6, 6.07) is 7.73. The lowest BCUT2D eigenvalue weighted by Crippen LogP contribution is -2.01. The Balaban J connectivity index is 2.36. The van der Waals surface area contributed by atoms with Crippen LogP contribution in [0.5, 0.6) is 0 Å². The zero-order valence-corrected chi connectivity index (χ0v) is 13.1. The molecule has 0 aliphatic carbocycles. The average Bonchev–Trinajstić information content (AvgIpc) is 2.86. The van der Waals surface area contributed by atoms with Gasteiger partial charge in [-0.2, -0.15) is 0 Å². The molecule has 0 N–H and O–H groups in total. The van der Waals surface area contributed by atoms with E-state index in [1.165, 1.54) is 14.2 Å². The van der Waals surface area contributed by atoms with Crippen LogP contribution in [-0.2, 0) is 18.3 Å². The lowest BCUT2D eigenvalue weighted by Gasteiger charge is -2.20. The van der Waals surface area contributed by atoms with E-state index in [1.54, 1.807) is 0 Å². The first kappa shape index (κ1) is 15.3. The number of hydrogen-bond acceptors (Lipinski definition) is 4. The zero-order chi connectivity index (χ0) is 14.6. The maximum atomic E-state index is 12.6. The number of unbranched alkanes of at least 4 members (excludes halogenated alkanes) is 2. The van der Waals surface area contributed by atoms with Crippen molar-refractivity contribution in [3.63, 3.8) is 0 Å². The Morgan fingerprint density at radius 3 is 2.65 bits per heavy atom. The van der Waals surface area contributed by atoms with Gasteiger partial charge in [-0.1, -0.05) is 37.6 Å². The minimum Gasteiger partial charge on any atom is -0.473 e. The minimum atomic E-state index is -3.30. The van der Waals surface area contributed by atoms with E-state index in [0.717, 1.165) is 36.1 Å². The topological polar surface area (TPSA) is 44.8 Å². The lowest BCUT2D eigenvalue weighted by molar-refractivity contribution is 0.182. The van der Waals surface area contributed by atoms with Crippen molar-refractivity contribution >= 4 is 13.4 Å². The molecule has 5 heteroatoms. The lowest BCUT2D eigenvalue weighted by atomic mass is 10.1. The van der Waals surface area contributed by atoms with Crippen LogP contribution in [0.3, 0.4) is 0 Å². The van der Waals surface area contributed by atoms with Gasteiger partial charge >= 0.3 is 7.60 Å². The van der Waals surface area contributed by atoms with Gasteiger partial charge in [-0.05, 0) is 18.9 Å². The molecule has 1 aliphatic heterocycles. The average molecular weight is 296 g/mol. The van der Waals surface area contributed by atoms with Gasteiger partial charge in [0.2, 0.25) is 5.85 Å². The molecule has 1 atom stereocenters. The molecule has 0 fully saturated rings. The minimum absolute atomic E-state index is 0.679. The summed E-state index contributed by atoms with van der Waals surface area (Å²) in [4.78, 5) is 0. The smallest absolute Gasteiger partial charge is 0.374 e. The van der Waals surface area contributed by atoms with Gasteiger partial charge in [-0.25, -0.2) is 0 Å². The molecule has 0 aromatic heterocycles. The van der Waals surface area contributed by atoms with Crippen LogP contribution < -0.4 is 0 Å². The molecule has 1 aromatic rings. The van der Waals surface area contributed by atoms with E-state index in [-0.39, 0.29) is 0 Å². The quantitative estimate of drug-likeness (QED) is 0.562. The molecule has 0 spiro atoms. The number of hydrogen-bond donors (Lipinski definition) is 0. The number of fused-ring (bicyclic) bond motifs is 1. The van der Waals surface area contributed by atoms with Gasteiger partial charge in [-0.15, -0.1) is 0 Å². The van der Waals surface area contributed by atoms with Crippen molar-refractivity contribution in [1.29, 1.82) is 0 Å². The third-order valence-electron chi connectivity index (χ3n) is 3.41. The first-order chi connectivity index (χ1) is 9.66. The predicted octanol–water partition coefficient (Wildman–Crippen LogP) is 4.73. The molecule has 1 aromatic carbocycles. The molecule has 20 heavy (non-hydrogen) atoms. The molecule has 1 unspecified atom stereocenters. The summed E-state index contributed by atoms with van der Waals surface area (Å²) in [5, 5.41) is 0. The highest BCUT2D eigenvalue weighted by Gasteiger charge is 2.43. The summed E-state index contributed by atoms with van der Waals surface area (Å²) >= 11 is 0. The normalized spacial score (nSPS) is 19.9. The highest BCUT2D eigenvalue weighted by atomic mass is 31.2. The Morgan fingerprint density at radius 2 is 2.00 bits per heavy atom. The Kier molecular flexibility index (Phi) is 5.03. The van der Waals surface area contributed by atoms with Crippen LogP contribution in [0.2, 0.25) is 0 Å². The van der Waals surface area contributed by atoms with E-state index in [2.05, 4.69) is 13.0 Å². The maximum absolute atomic E-state index is 12.6. The van der Waals surface area contributed by atoms with E-state index >= 15 is 0 Å². The van der Waals surface area contributed by atoms with Crippen molar-refractivity contribution in [3.8, 4) is 0 Å². The molecule has 0 saturated heterocycles. The van der Waals surface area contributed by atoms with E-state index in [4.69, 9.17) is 13.8 Å². The van der Waals surface area contributed by atoms with Gasteiger partial charge in [0.15, 0.2) is 0 Å². The second-order valence-corrected chi connectivity index (χ2v) is 6.95. The maximum Gasteiger partial charge on any atom is 0.374 e. The number of rotatable bonds is 6. The molecule has 0 saturated carbocycles. The van der Waals surface area contributed by atoms with E-state index in [0.29, 0.717) is 0 Å². The Bertz CT molecular complexity index is 530. The molecule has 1 aliphatic rings. The molecule has 0 radical (unpaired) electrons. The molecule has 2 rings (SSSR count). The van der Waals surface area contributed by atoms with Gasteiger partial charge in [0, 0.05) is 25.3 Å². The summed E-state index contributed by atoms with van der Waals surface area (Å²) in [5.74, 6) is 0.0925. The highest BCUT2D eigenvalue weighted by Crippen LogP contribution is 2.64. The monoisotopic (exact) mass is 296 g/mol. The zero-order valence-electron chi connectivity index (χ0n) is 12.2. The van der Waals surface area contributed by atoms with Gasteiger partial charge < -0.3 is 13.8 Å². The second kappa shape index (κ2) is 6.57. The van der Waals surface area contributed by atoms with Crippen LogP contribution in [0.15, 0.2) is 30.3 Å². The fourth-order valence-electron chi connectivity index (χ4n) is 2.28. The SMILES string of the molecule is CCCC/C=C1/OC(P(=O)(OC)OC)c2ccccc21. The fourth-order valence-corrected chi connectivity index (χ4v) is 3.62. The summed E-state index contributed by atoms with van der Waals surface area (Å²) < 4.78 is 28.6. The van der Waals surface area contributed by atoms with Crippen molar-refractivity contribution in [2.75, 3.05) is 14.2 Å². The molecule has 0 amide bonds. The Hall–Kier alpha value is -1.09.